The van der Waals surface area contributed by atoms with E-state index in [0.29, 0.717) is 18.5 Å². The highest BCUT2D eigenvalue weighted by Gasteiger charge is 2.45. The first kappa shape index (κ1) is 17.7. The number of benzene rings is 1. The molecule has 0 spiro atoms. The smallest absolute Gasteiger partial charge is 0.331 e. The predicted octanol–water partition coefficient (Wildman–Crippen LogP) is 1.78. The standard InChI is InChI=1S/C19H20FN3O4/c1-11-5-6-13(20)15(9-11)23-14-4-2-3-12(14)16(22-23)17(24)21-19(18(25)26)7-8-27-10-19/h5-6,9H,2-4,7-8,10H2,1H3,(H,21,24)(H,25,26). The molecule has 0 bridgehead atoms. The number of aliphatic carboxylic acids is 1. The van der Waals surface area contributed by atoms with Crippen LogP contribution in [0.3, 0.4) is 0 Å². The van der Waals surface area contributed by atoms with Gasteiger partial charge in [0.2, 0.25) is 0 Å². The number of carbonyl (C=O) groups is 2. The van der Waals surface area contributed by atoms with Gasteiger partial charge in [0, 0.05) is 24.3 Å². The molecule has 1 amide bonds. The highest BCUT2D eigenvalue weighted by molar-refractivity contribution is 5.98. The van der Waals surface area contributed by atoms with Gasteiger partial charge in [-0.05, 0) is 43.9 Å². The number of hydrogen-bond donors (Lipinski definition) is 2. The van der Waals surface area contributed by atoms with Crippen molar-refractivity contribution < 1.29 is 23.8 Å². The lowest BCUT2D eigenvalue weighted by atomic mass is 9.98. The van der Waals surface area contributed by atoms with E-state index in [1.54, 1.807) is 12.1 Å². The number of carbonyl (C=O) groups excluding carboxylic acids is 1. The summed E-state index contributed by atoms with van der Waals surface area (Å²) in [7, 11) is 0. The molecule has 0 saturated carbocycles. The van der Waals surface area contributed by atoms with Crippen molar-refractivity contribution >= 4 is 11.9 Å². The molecule has 1 saturated heterocycles. The average molecular weight is 373 g/mol. The summed E-state index contributed by atoms with van der Waals surface area (Å²) < 4.78 is 21.0. The lowest BCUT2D eigenvalue weighted by Gasteiger charge is -2.23. The van der Waals surface area contributed by atoms with Crippen LogP contribution in [0.15, 0.2) is 18.2 Å². The average Bonchev–Trinajstić information content (AvgIpc) is 3.33. The van der Waals surface area contributed by atoms with E-state index < -0.39 is 23.2 Å². The minimum absolute atomic E-state index is 0.0799. The van der Waals surface area contributed by atoms with Gasteiger partial charge in [0.1, 0.15) is 11.5 Å². The van der Waals surface area contributed by atoms with Crippen molar-refractivity contribution in [2.45, 2.75) is 38.1 Å². The minimum atomic E-state index is -1.44. The van der Waals surface area contributed by atoms with Crippen LogP contribution in [0.25, 0.3) is 5.69 Å². The molecule has 142 valence electrons. The summed E-state index contributed by atoms with van der Waals surface area (Å²) in [5.74, 6) is -2.11. The van der Waals surface area contributed by atoms with Gasteiger partial charge < -0.3 is 15.2 Å². The molecule has 8 heteroatoms. The molecule has 1 atom stereocenters. The van der Waals surface area contributed by atoms with Crippen LogP contribution in [0.1, 0.15) is 40.2 Å². The van der Waals surface area contributed by atoms with E-state index in [2.05, 4.69) is 10.4 Å². The molecule has 0 radical (unpaired) electrons. The molecule has 1 aromatic carbocycles. The van der Waals surface area contributed by atoms with Crippen molar-refractivity contribution in [3.63, 3.8) is 0 Å². The van der Waals surface area contributed by atoms with Crippen LogP contribution in [0.2, 0.25) is 0 Å². The van der Waals surface area contributed by atoms with E-state index in [-0.39, 0.29) is 25.3 Å². The molecule has 27 heavy (non-hydrogen) atoms. The van der Waals surface area contributed by atoms with Gasteiger partial charge in [-0.3, -0.25) is 4.79 Å². The molecule has 2 heterocycles. The molecule has 1 unspecified atom stereocenters. The van der Waals surface area contributed by atoms with E-state index in [1.807, 2.05) is 6.92 Å². The van der Waals surface area contributed by atoms with Crippen molar-refractivity contribution in [2.75, 3.05) is 13.2 Å². The Hall–Kier alpha value is -2.74. The maximum Gasteiger partial charge on any atom is 0.331 e. The van der Waals surface area contributed by atoms with Crippen molar-refractivity contribution in [3.8, 4) is 5.69 Å². The van der Waals surface area contributed by atoms with Crippen LogP contribution in [0.5, 0.6) is 0 Å². The Morgan fingerprint density at radius 3 is 2.89 bits per heavy atom. The molecular formula is C19H20FN3O4. The van der Waals surface area contributed by atoms with E-state index in [9.17, 15) is 19.1 Å². The normalized spacial score (nSPS) is 21.3. The van der Waals surface area contributed by atoms with Crippen molar-refractivity contribution in [3.05, 3.63) is 46.5 Å². The number of aromatic nitrogens is 2. The van der Waals surface area contributed by atoms with E-state index in [4.69, 9.17) is 4.74 Å². The molecule has 1 aliphatic carbocycles. The number of nitrogens with zero attached hydrogens (tertiary/aromatic N) is 2. The second-order valence-corrected chi connectivity index (χ2v) is 7.14. The maximum absolute atomic E-state index is 14.4. The van der Waals surface area contributed by atoms with Crippen LogP contribution >= 0.6 is 0 Å². The van der Waals surface area contributed by atoms with Gasteiger partial charge >= 0.3 is 5.97 Å². The third-order valence-corrected chi connectivity index (χ3v) is 5.26. The number of ether oxygens (including phenoxy) is 1. The topological polar surface area (TPSA) is 93.5 Å². The summed E-state index contributed by atoms with van der Waals surface area (Å²) in [5.41, 5.74) is 1.46. The monoisotopic (exact) mass is 373 g/mol. The molecule has 4 rings (SSSR count). The first-order valence-corrected chi connectivity index (χ1v) is 8.92. The number of fused-ring (bicyclic) bond motifs is 1. The van der Waals surface area contributed by atoms with E-state index >= 15 is 0 Å². The summed E-state index contributed by atoms with van der Waals surface area (Å²) in [6.45, 7) is 2.05. The Bertz CT molecular complexity index is 931. The Balaban J connectivity index is 1.73. The summed E-state index contributed by atoms with van der Waals surface area (Å²) in [4.78, 5) is 24.5. The molecule has 1 aromatic heterocycles. The zero-order valence-corrected chi connectivity index (χ0v) is 14.9. The fraction of sp³-hybridized carbons (Fsp3) is 0.421. The second-order valence-electron chi connectivity index (χ2n) is 7.14. The van der Waals surface area contributed by atoms with Crippen molar-refractivity contribution in [2.24, 2.45) is 0 Å². The number of nitrogens with one attached hydrogen (secondary N) is 1. The third-order valence-electron chi connectivity index (χ3n) is 5.26. The zero-order valence-electron chi connectivity index (χ0n) is 14.9. The quantitative estimate of drug-likeness (QED) is 0.852. The summed E-state index contributed by atoms with van der Waals surface area (Å²) in [6.07, 6.45) is 2.38. The van der Waals surface area contributed by atoms with Crippen LogP contribution in [0, 0.1) is 12.7 Å². The van der Waals surface area contributed by atoms with Gasteiger partial charge in [0.15, 0.2) is 11.2 Å². The molecule has 7 nitrogen and oxygen atoms in total. The van der Waals surface area contributed by atoms with Crippen LogP contribution in [-0.4, -0.2) is 45.5 Å². The molecule has 2 aliphatic rings. The largest absolute Gasteiger partial charge is 0.479 e. The van der Waals surface area contributed by atoms with E-state index in [0.717, 1.165) is 23.2 Å². The Morgan fingerprint density at radius 1 is 1.37 bits per heavy atom. The number of hydrogen-bond acceptors (Lipinski definition) is 4. The predicted molar refractivity (Wildman–Crippen MR) is 93.6 cm³/mol. The lowest BCUT2D eigenvalue weighted by Crippen LogP contribution is -2.55. The Morgan fingerprint density at radius 2 is 2.19 bits per heavy atom. The molecule has 1 aliphatic heterocycles. The second kappa shape index (κ2) is 6.45. The Kier molecular flexibility index (Phi) is 4.22. The number of carboxylic acids is 1. The van der Waals surface area contributed by atoms with Crippen molar-refractivity contribution in [1.29, 1.82) is 0 Å². The summed E-state index contributed by atoms with van der Waals surface area (Å²) in [6, 6.07) is 4.74. The lowest BCUT2D eigenvalue weighted by molar-refractivity contribution is -0.144. The number of carboxylic acid groups (broad SMARTS) is 1. The van der Waals surface area contributed by atoms with Crippen molar-refractivity contribution in [1.82, 2.24) is 15.1 Å². The number of rotatable bonds is 4. The molecule has 2 aromatic rings. The zero-order chi connectivity index (χ0) is 19.2. The van der Waals surface area contributed by atoms with Gasteiger partial charge in [-0.2, -0.15) is 5.10 Å². The fourth-order valence-electron chi connectivity index (χ4n) is 3.77. The van der Waals surface area contributed by atoms with E-state index in [1.165, 1.54) is 10.7 Å². The fourth-order valence-corrected chi connectivity index (χ4v) is 3.77. The SMILES string of the molecule is Cc1ccc(F)c(-n2nc(C(=O)NC3(C(=O)O)CCOC3)c3c2CCC3)c1. The van der Waals surface area contributed by atoms with Gasteiger partial charge in [-0.25, -0.2) is 13.9 Å². The van der Waals surface area contributed by atoms with Gasteiger partial charge in [-0.15, -0.1) is 0 Å². The molecule has 1 fully saturated rings. The highest BCUT2D eigenvalue weighted by Crippen LogP contribution is 2.30. The van der Waals surface area contributed by atoms with Gasteiger partial charge in [0.25, 0.3) is 5.91 Å². The number of halogens is 1. The summed E-state index contributed by atoms with van der Waals surface area (Å²) >= 11 is 0. The van der Waals surface area contributed by atoms with Crippen LogP contribution in [-0.2, 0) is 22.4 Å². The number of aryl methyl sites for hydroxylation is 1. The van der Waals surface area contributed by atoms with Gasteiger partial charge in [0.05, 0.1) is 6.61 Å². The highest BCUT2D eigenvalue weighted by atomic mass is 19.1. The summed E-state index contributed by atoms with van der Waals surface area (Å²) in [5, 5.41) is 16.5. The third kappa shape index (κ3) is 2.90. The first-order chi connectivity index (χ1) is 12.9. The molecular weight excluding hydrogens is 353 g/mol. The van der Waals surface area contributed by atoms with Crippen LogP contribution in [0.4, 0.5) is 4.39 Å². The minimum Gasteiger partial charge on any atom is -0.479 e. The van der Waals surface area contributed by atoms with Crippen LogP contribution < -0.4 is 5.32 Å². The Labute approximate surface area is 155 Å². The first-order valence-electron chi connectivity index (χ1n) is 8.92. The maximum atomic E-state index is 14.4. The van der Waals surface area contributed by atoms with Gasteiger partial charge in [-0.1, -0.05) is 6.07 Å². The molecule has 2 N–H and O–H groups in total. The number of amides is 1.